The minimum absolute atomic E-state index is 0.199. The molecule has 0 aliphatic rings. The van der Waals surface area contributed by atoms with Gasteiger partial charge < -0.3 is 13.9 Å². The average molecular weight is 395 g/mol. The Kier molecular flexibility index (Phi) is 13.2. The third-order valence-electron chi connectivity index (χ3n) is 4.79. The fourth-order valence-corrected chi connectivity index (χ4v) is 3.05. The van der Waals surface area contributed by atoms with Crippen LogP contribution in [0.3, 0.4) is 0 Å². The lowest BCUT2D eigenvalue weighted by Crippen LogP contribution is -2.11. The second-order valence-corrected chi connectivity index (χ2v) is 7.47. The molecular weight excluding hydrogens is 356 g/mol. The second kappa shape index (κ2) is 15.2. The number of ether oxygens (including phenoxy) is 2. The van der Waals surface area contributed by atoms with E-state index in [4.69, 9.17) is 13.9 Å². The van der Waals surface area contributed by atoms with Crippen LogP contribution in [-0.2, 0) is 9.59 Å². The van der Waals surface area contributed by atoms with E-state index in [0.29, 0.717) is 18.6 Å². The van der Waals surface area contributed by atoms with Crippen LogP contribution in [0.1, 0.15) is 109 Å². The lowest BCUT2D eigenvalue weighted by atomic mass is 10.1. The minimum atomic E-state index is -0.315. The van der Waals surface area contributed by atoms with Gasteiger partial charge in [-0.2, -0.15) is 0 Å². The first-order valence-corrected chi connectivity index (χ1v) is 11.1. The van der Waals surface area contributed by atoms with Gasteiger partial charge in [-0.25, -0.2) is 0 Å². The van der Waals surface area contributed by atoms with Crippen LogP contribution in [0.25, 0.3) is 0 Å². The highest BCUT2D eigenvalue weighted by molar-refractivity contribution is 5.76. The van der Waals surface area contributed by atoms with Crippen LogP contribution in [0.15, 0.2) is 10.7 Å². The number of rotatable bonds is 16. The highest BCUT2D eigenvalue weighted by Gasteiger charge is 2.19. The van der Waals surface area contributed by atoms with E-state index >= 15 is 0 Å². The number of esters is 2. The molecule has 0 saturated heterocycles. The van der Waals surface area contributed by atoms with Crippen LogP contribution >= 0.6 is 0 Å². The molecule has 0 saturated carbocycles. The van der Waals surface area contributed by atoms with E-state index < -0.39 is 0 Å². The van der Waals surface area contributed by atoms with E-state index in [9.17, 15) is 9.59 Å². The van der Waals surface area contributed by atoms with E-state index in [0.717, 1.165) is 38.5 Å². The number of carbonyl (C=O) groups is 2. The van der Waals surface area contributed by atoms with Gasteiger partial charge in [-0.05, 0) is 19.8 Å². The Morgan fingerprint density at radius 2 is 1.21 bits per heavy atom. The molecule has 0 radical (unpaired) electrons. The summed E-state index contributed by atoms with van der Waals surface area (Å²) < 4.78 is 16.0. The maximum Gasteiger partial charge on any atom is 0.311 e. The van der Waals surface area contributed by atoms with Crippen molar-refractivity contribution in [2.24, 2.45) is 0 Å². The van der Waals surface area contributed by atoms with Crippen LogP contribution < -0.4 is 9.47 Å². The molecule has 0 bridgehead atoms. The Balaban J connectivity index is 2.33. The second-order valence-electron chi connectivity index (χ2n) is 7.47. The number of aryl methyl sites for hydroxylation is 1. The third kappa shape index (κ3) is 10.5. The summed E-state index contributed by atoms with van der Waals surface area (Å²) in [5.74, 6) is 0.244. The molecule has 0 fully saturated rings. The van der Waals surface area contributed by atoms with E-state index in [1.54, 1.807) is 6.92 Å². The van der Waals surface area contributed by atoms with Gasteiger partial charge in [0.25, 0.3) is 0 Å². The molecule has 160 valence electrons. The van der Waals surface area contributed by atoms with Gasteiger partial charge in [-0.1, -0.05) is 78.1 Å². The Morgan fingerprint density at radius 3 is 1.75 bits per heavy atom. The molecule has 0 aromatic carbocycles. The fraction of sp³-hybridized carbons (Fsp3) is 0.739. The van der Waals surface area contributed by atoms with Crippen molar-refractivity contribution >= 4 is 11.9 Å². The molecule has 0 N–H and O–H groups in total. The van der Waals surface area contributed by atoms with Gasteiger partial charge in [0.1, 0.15) is 12.0 Å². The summed E-state index contributed by atoms with van der Waals surface area (Å²) in [6, 6.07) is 0. The van der Waals surface area contributed by atoms with Crippen molar-refractivity contribution in [2.75, 3.05) is 0 Å². The van der Waals surface area contributed by atoms with Gasteiger partial charge >= 0.3 is 11.9 Å². The van der Waals surface area contributed by atoms with Gasteiger partial charge in [0.15, 0.2) is 0 Å². The number of carbonyl (C=O) groups excluding carboxylic acids is 2. The van der Waals surface area contributed by atoms with Crippen LogP contribution in [0, 0.1) is 6.92 Å². The van der Waals surface area contributed by atoms with Gasteiger partial charge in [-0.15, -0.1) is 0 Å². The molecule has 1 heterocycles. The van der Waals surface area contributed by atoms with Crippen molar-refractivity contribution in [3.63, 3.8) is 0 Å². The Hall–Kier alpha value is -1.78. The lowest BCUT2D eigenvalue weighted by Gasteiger charge is -2.07. The van der Waals surface area contributed by atoms with Crippen molar-refractivity contribution in [3.05, 3.63) is 12.0 Å². The molecule has 1 rings (SSSR count). The zero-order valence-corrected chi connectivity index (χ0v) is 18.0. The molecule has 0 aliphatic carbocycles. The van der Waals surface area contributed by atoms with Crippen molar-refractivity contribution in [1.29, 1.82) is 0 Å². The normalized spacial score (nSPS) is 10.8. The predicted molar refractivity (Wildman–Crippen MR) is 111 cm³/mol. The monoisotopic (exact) mass is 394 g/mol. The number of hydrogen-bond donors (Lipinski definition) is 0. The van der Waals surface area contributed by atoms with E-state index in [-0.39, 0.29) is 23.4 Å². The predicted octanol–water partition coefficient (Wildman–Crippen LogP) is 6.90. The highest BCUT2D eigenvalue weighted by atomic mass is 16.6. The van der Waals surface area contributed by atoms with Crippen LogP contribution in [0.2, 0.25) is 0 Å². The maximum absolute atomic E-state index is 12.1. The molecule has 0 atom stereocenters. The first-order valence-electron chi connectivity index (χ1n) is 11.1. The van der Waals surface area contributed by atoms with Gasteiger partial charge in [-0.3, -0.25) is 9.59 Å². The molecule has 28 heavy (non-hydrogen) atoms. The quantitative estimate of drug-likeness (QED) is 0.225. The molecule has 0 spiro atoms. The SMILES string of the molecule is CCCCCCCCC(=O)Oc1coc(C)c1OC(=O)CCCCCCCC. The van der Waals surface area contributed by atoms with Crippen LogP contribution in [0.4, 0.5) is 0 Å². The smallest absolute Gasteiger partial charge is 0.311 e. The molecule has 0 aliphatic heterocycles. The Bertz CT molecular complexity index is 561. The van der Waals surface area contributed by atoms with Crippen molar-refractivity contribution < 1.29 is 23.5 Å². The number of furan rings is 1. The Labute approximate surface area is 170 Å². The van der Waals surface area contributed by atoms with Crippen molar-refractivity contribution in [3.8, 4) is 11.5 Å². The number of unbranched alkanes of at least 4 members (excludes halogenated alkanes) is 10. The highest BCUT2D eigenvalue weighted by Crippen LogP contribution is 2.34. The number of hydrogen-bond acceptors (Lipinski definition) is 5. The standard InChI is InChI=1S/C23H38O5/c1-4-6-8-10-12-14-16-21(24)27-20-18-26-19(3)23(20)28-22(25)17-15-13-11-9-7-5-2/h18H,4-17H2,1-3H3. The molecule has 5 heteroatoms. The van der Waals surface area contributed by atoms with E-state index in [2.05, 4.69) is 13.8 Å². The maximum atomic E-state index is 12.1. The van der Waals surface area contributed by atoms with Crippen LogP contribution in [-0.4, -0.2) is 11.9 Å². The van der Waals surface area contributed by atoms with Gasteiger partial charge in [0.05, 0.1) is 0 Å². The first kappa shape index (κ1) is 24.3. The topological polar surface area (TPSA) is 65.7 Å². The largest absolute Gasteiger partial charge is 0.462 e. The summed E-state index contributed by atoms with van der Waals surface area (Å²) in [5.41, 5.74) is 0. The van der Waals surface area contributed by atoms with E-state index in [1.165, 1.54) is 44.8 Å². The van der Waals surface area contributed by atoms with Gasteiger partial charge in [0.2, 0.25) is 11.5 Å². The third-order valence-corrected chi connectivity index (χ3v) is 4.79. The average Bonchev–Trinajstić information content (AvgIpc) is 3.00. The molecule has 5 nitrogen and oxygen atoms in total. The zero-order chi connectivity index (χ0) is 20.6. The summed E-state index contributed by atoms with van der Waals surface area (Å²) in [7, 11) is 0. The summed E-state index contributed by atoms with van der Waals surface area (Å²) in [5, 5.41) is 0. The van der Waals surface area contributed by atoms with E-state index in [1.807, 2.05) is 0 Å². The summed E-state index contributed by atoms with van der Waals surface area (Å²) in [6.07, 6.45) is 15.4. The molecule has 1 aromatic rings. The Morgan fingerprint density at radius 1 is 0.750 bits per heavy atom. The molecule has 0 unspecified atom stereocenters. The summed E-state index contributed by atoms with van der Waals surface area (Å²) in [4.78, 5) is 24.1. The van der Waals surface area contributed by atoms with Crippen molar-refractivity contribution in [2.45, 2.75) is 111 Å². The van der Waals surface area contributed by atoms with Crippen molar-refractivity contribution in [1.82, 2.24) is 0 Å². The zero-order valence-electron chi connectivity index (χ0n) is 18.0. The molecular formula is C23H38O5. The lowest BCUT2D eigenvalue weighted by molar-refractivity contribution is -0.137. The molecule has 0 amide bonds. The van der Waals surface area contributed by atoms with Gasteiger partial charge in [0, 0.05) is 12.8 Å². The fourth-order valence-electron chi connectivity index (χ4n) is 3.05. The summed E-state index contributed by atoms with van der Waals surface area (Å²) >= 11 is 0. The minimum Gasteiger partial charge on any atom is -0.462 e. The summed E-state index contributed by atoms with van der Waals surface area (Å²) in [6.45, 7) is 6.06. The molecule has 1 aromatic heterocycles. The van der Waals surface area contributed by atoms with Crippen LogP contribution in [0.5, 0.6) is 11.5 Å². The first-order chi connectivity index (χ1) is 13.6.